The largest absolute Gasteiger partial charge is 0.507 e. The van der Waals surface area contributed by atoms with Crippen LogP contribution in [0.5, 0.6) is 17.5 Å². The Hall–Kier alpha value is -4.98. The molecule has 2 amide bonds. The third-order valence-corrected chi connectivity index (χ3v) is 8.75. The van der Waals surface area contributed by atoms with Crippen LogP contribution in [0.1, 0.15) is 68.6 Å². The summed E-state index contributed by atoms with van der Waals surface area (Å²) < 4.78 is 6.28. The lowest BCUT2D eigenvalue weighted by molar-refractivity contribution is -0.155. The van der Waals surface area contributed by atoms with Crippen LogP contribution in [0.25, 0.3) is 0 Å². The van der Waals surface area contributed by atoms with Gasteiger partial charge in [-0.1, -0.05) is 92.0 Å². The van der Waals surface area contributed by atoms with Crippen molar-refractivity contribution in [1.82, 2.24) is 15.2 Å². The lowest BCUT2D eigenvalue weighted by atomic mass is 10.2. The molecule has 1 atom stereocenters. The fourth-order valence-corrected chi connectivity index (χ4v) is 5.69. The molecule has 2 aromatic rings. The lowest BCUT2D eigenvalue weighted by Gasteiger charge is -2.20. The Balaban J connectivity index is 1.73. The third-order valence-electron chi connectivity index (χ3n) is 7.64. The molecule has 0 unspecified atom stereocenters. The van der Waals surface area contributed by atoms with E-state index in [-0.39, 0.29) is 59.1 Å². The summed E-state index contributed by atoms with van der Waals surface area (Å²) in [6, 6.07) is 5.68. The maximum Gasteiger partial charge on any atom is 0.329 e. The summed E-state index contributed by atoms with van der Waals surface area (Å²) in [5, 5.41) is 55.1. The number of carbonyl (C=O) groups excluding carboxylic acids is 3. The van der Waals surface area contributed by atoms with Gasteiger partial charge in [0.05, 0.1) is 23.7 Å². The second-order valence-electron chi connectivity index (χ2n) is 11.9. The number of nitrogens with one attached hydrogen (secondary N) is 2. The van der Waals surface area contributed by atoms with Crippen LogP contribution in [0.3, 0.4) is 0 Å². The van der Waals surface area contributed by atoms with Gasteiger partial charge in [-0.2, -0.15) is 0 Å². The minimum atomic E-state index is -1.33. The number of phenols is 1. The number of phenolic OH excluding ortho intramolecular Hbond substituents is 1. The molecule has 294 valence electrons. The average molecular weight is 766 g/mol. The Bertz CT molecular complexity index is 1610. The number of esters is 1. The van der Waals surface area contributed by atoms with E-state index in [0.29, 0.717) is 6.42 Å². The molecular weight excluding hydrogens is 711 g/mol. The van der Waals surface area contributed by atoms with Gasteiger partial charge in [-0.15, -0.1) is 11.8 Å². The molecule has 0 saturated carbocycles. The second kappa shape index (κ2) is 27.6. The minimum Gasteiger partial charge on any atom is -0.507 e. The number of carbonyl (C=O) groups is 3. The summed E-state index contributed by atoms with van der Waals surface area (Å²) in [5.74, 6) is -2.99. The lowest BCUT2D eigenvalue weighted by Crippen LogP contribution is -2.45. The second-order valence-corrected chi connectivity index (χ2v) is 13.0. The molecule has 2 rings (SSSR count). The van der Waals surface area contributed by atoms with Gasteiger partial charge in [0.15, 0.2) is 5.88 Å². The highest BCUT2D eigenvalue weighted by Crippen LogP contribution is 2.35. The van der Waals surface area contributed by atoms with E-state index in [0.717, 1.165) is 50.3 Å². The number of thioether (sulfide) groups is 1. The highest BCUT2D eigenvalue weighted by atomic mass is 32.2. The maximum absolute atomic E-state index is 12.8. The molecule has 54 heavy (non-hydrogen) atoms. The van der Waals surface area contributed by atoms with Crippen LogP contribution < -0.4 is 10.6 Å². The zero-order valence-electron chi connectivity index (χ0n) is 30.9. The van der Waals surface area contributed by atoms with Crippen molar-refractivity contribution in [3.63, 3.8) is 0 Å². The first-order chi connectivity index (χ1) is 26.2. The van der Waals surface area contributed by atoms with Gasteiger partial charge in [0.1, 0.15) is 17.9 Å². The molecule has 0 aliphatic heterocycles. The number of aliphatic hydroxyl groups excluding tert-OH is 2. The zero-order chi connectivity index (χ0) is 39.4. The first-order valence-electron chi connectivity index (χ1n) is 18.1. The fourth-order valence-electron chi connectivity index (χ4n) is 4.70. The first kappa shape index (κ1) is 45.2. The summed E-state index contributed by atoms with van der Waals surface area (Å²) in [5.41, 5.74) is -0.0905. The number of hydrogen-bond acceptors (Lipinski definition) is 10. The molecule has 0 bridgehead atoms. The predicted octanol–water partition coefficient (Wildman–Crippen LogP) is 5.99. The molecular formula is C41H55N3O9S. The molecule has 0 saturated heterocycles. The highest BCUT2D eigenvalue weighted by Gasteiger charge is 2.28. The van der Waals surface area contributed by atoms with Crippen molar-refractivity contribution in [3.8, 4) is 17.5 Å². The number of aromatic hydroxyl groups is 3. The Morgan fingerprint density at radius 2 is 1.37 bits per heavy atom. The van der Waals surface area contributed by atoms with E-state index in [2.05, 4.69) is 78.3 Å². The monoisotopic (exact) mass is 765 g/mol. The smallest absolute Gasteiger partial charge is 0.329 e. The quantitative estimate of drug-likeness (QED) is 0.0341. The van der Waals surface area contributed by atoms with E-state index < -0.39 is 37.2 Å². The van der Waals surface area contributed by atoms with Crippen molar-refractivity contribution in [2.24, 2.45) is 0 Å². The molecule has 13 heteroatoms. The molecule has 0 fully saturated rings. The summed E-state index contributed by atoms with van der Waals surface area (Å²) >= 11 is 0.929. The minimum absolute atomic E-state index is 0.0635. The van der Waals surface area contributed by atoms with Crippen LogP contribution in [-0.2, 0) is 20.9 Å². The SMILES string of the molecule is CCC=CCC=CCC=CCC=CCC=CCC=CCCC(=O)NCCn1c(O)cc(SC[C@H](NC(=O)c2ccccc2O)C(=O)OC(CO)CO)c1O. The van der Waals surface area contributed by atoms with Gasteiger partial charge in [0.25, 0.3) is 5.91 Å². The molecule has 0 aliphatic carbocycles. The Kier molecular flexibility index (Phi) is 23.1. The third kappa shape index (κ3) is 18.2. The molecule has 12 nitrogen and oxygen atoms in total. The highest BCUT2D eigenvalue weighted by molar-refractivity contribution is 7.99. The Labute approximate surface area is 322 Å². The number of nitrogens with zero attached hydrogens (tertiary/aromatic N) is 1. The van der Waals surface area contributed by atoms with Crippen LogP contribution in [-0.4, -0.2) is 85.5 Å². The number of aromatic nitrogens is 1. The van der Waals surface area contributed by atoms with Crippen molar-refractivity contribution in [2.75, 3.05) is 25.5 Å². The number of para-hydroxylation sites is 1. The van der Waals surface area contributed by atoms with Crippen molar-refractivity contribution >= 4 is 29.5 Å². The van der Waals surface area contributed by atoms with E-state index in [1.165, 1.54) is 34.9 Å². The number of hydrogen-bond donors (Lipinski definition) is 7. The molecule has 7 N–H and O–H groups in total. The van der Waals surface area contributed by atoms with Gasteiger partial charge in [0.2, 0.25) is 11.8 Å². The molecule has 1 aromatic heterocycles. The number of benzene rings is 1. The number of amides is 2. The standard InChI is InChI=1S/C41H55N3O9S/c1-2-3-4-5-6-7-8-9-10-11-12-13-14-15-16-17-18-19-20-25-37(48)42-26-27-44-38(49)28-36(40(44)51)54-31-34(41(52)53-32(29-45)30-46)43-39(50)33-23-21-22-24-35(33)47/h3-4,6-7,9-10,12-13,15-16,18-19,21-24,28,32,34,45-47,49,51H,2,5,8,11,14,17,20,25-27,29-31H2,1H3,(H,42,48)(H,43,50)/t34-/m0/s1. The van der Waals surface area contributed by atoms with Gasteiger partial charge in [0, 0.05) is 31.3 Å². The van der Waals surface area contributed by atoms with E-state index in [1.54, 1.807) is 0 Å². The molecule has 0 aliphatic rings. The Morgan fingerprint density at radius 1 is 0.815 bits per heavy atom. The predicted molar refractivity (Wildman–Crippen MR) is 212 cm³/mol. The van der Waals surface area contributed by atoms with Crippen molar-refractivity contribution < 1.29 is 44.7 Å². The number of rotatable bonds is 26. The number of ether oxygens (including phenoxy) is 1. The summed E-state index contributed by atoms with van der Waals surface area (Å²) in [6.07, 6.45) is 30.7. The summed E-state index contributed by atoms with van der Waals surface area (Å²) in [4.78, 5) is 38.2. The molecule has 1 aromatic carbocycles. The average Bonchev–Trinajstić information content (AvgIpc) is 3.43. The van der Waals surface area contributed by atoms with Crippen molar-refractivity contribution in [1.29, 1.82) is 0 Å². The first-order valence-corrected chi connectivity index (χ1v) is 19.1. The van der Waals surface area contributed by atoms with E-state index >= 15 is 0 Å². The van der Waals surface area contributed by atoms with Gasteiger partial charge >= 0.3 is 5.97 Å². The normalized spacial score (nSPS) is 12.7. The summed E-state index contributed by atoms with van der Waals surface area (Å²) in [6.45, 7) is 1.04. The zero-order valence-corrected chi connectivity index (χ0v) is 31.7. The molecule has 0 spiro atoms. The van der Waals surface area contributed by atoms with E-state index in [4.69, 9.17) is 4.74 Å². The Morgan fingerprint density at radius 3 is 1.93 bits per heavy atom. The van der Waals surface area contributed by atoms with Crippen LogP contribution in [0.15, 0.2) is 108 Å². The van der Waals surface area contributed by atoms with Crippen molar-refractivity contribution in [2.45, 2.75) is 81.9 Å². The topological polar surface area (TPSA) is 191 Å². The fraction of sp³-hybridized carbons (Fsp3) is 0.390. The van der Waals surface area contributed by atoms with Gasteiger partial charge in [-0.05, 0) is 57.1 Å². The molecule has 0 radical (unpaired) electrons. The van der Waals surface area contributed by atoms with Crippen LogP contribution in [0.4, 0.5) is 0 Å². The van der Waals surface area contributed by atoms with Crippen LogP contribution in [0, 0.1) is 0 Å². The van der Waals surface area contributed by atoms with E-state index in [1.807, 2.05) is 12.2 Å². The maximum atomic E-state index is 12.8. The summed E-state index contributed by atoms with van der Waals surface area (Å²) in [7, 11) is 0. The van der Waals surface area contributed by atoms with Gasteiger partial charge in [-0.3, -0.25) is 14.2 Å². The number of allylic oxidation sites excluding steroid dienone is 12. The van der Waals surface area contributed by atoms with Gasteiger partial charge < -0.3 is 40.9 Å². The van der Waals surface area contributed by atoms with Crippen molar-refractivity contribution in [3.05, 3.63) is 109 Å². The molecule has 1 heterocycles. The number of aliphatic hydroxyl groups is 2. The van der Waals surface area contributed by atoms with Gasteiger partial charge in [-0.25, -0.2) is 4.79 Å². The van der Waals surface area contributed by atoms with Crippen LogP contribution in [0.2, 0.25) is 0 Å². The van der Waals surface area contributed by atoms with Crippen LogP contribution >= 0.6 is 11.8 Å². The van der Waals surface area contributed by atoms with E-state index in [9.17, 15) is 39.9 Å².